The number of hydrogen-bond acceptors (Lipinski definition) is 4. The molecule has 0 amide bonds. The van der Waals surface area contributed by atoms with Crippen LogP contribution in [0, 0.1) is 0 Å². The molecule has 1 aliphatic heterocycles. The molecule has 70 valence electrons. The molecule has 0 bridgehead atoms. The molecule has 2 N–H and O–H groups in total. The quantitative estimate of drug-likeness (QED) is 0.626. The van der Waals surface area contributed by atoms with Crippen LogP contribution in [0.1, 0.15) is 32.6 Å². The van der Waals surface area contributed by atoms with Crippen LogP contribution in [-0.4, -0.2) is 18.5 Å². The molecule has 12 heavy (non-hydrogen) atoms. The van der Waals surface area contributed by atoms with Crippen molar-refractivity contribution in [2.45, 2.75) is 45.1 Å². The number of rotatable bonds is 2. The predicted molar refractivity (Wildman–Crippen MR) is 43.1 cm³/mol. The Morgan fingerprint density at radius 3 is 3.00 bits per heavy atom. The van der Waals surface area contributed by atoms with Crippen LogP contribution in [0.3, 0.4) is 0 Å². The van der Waals surface area contributed by atoms with Crippen LogP contribution in [-0.2, 0) is 14.3 Å². The van der Waals surface area contributed by atoms with Gasteiger partial charge in [0.2, 0.25) is 6.29 Å². The Morgan fingerprint density at radius 1 is 1.67 bits per heavy atom. The molecule has 0 aromatic carbocycles. The summed E-state index contributed by atoms with van der Waals surface area (Å²) < 4.78 is 10.2. The van der Waals surface area contributed by atoms with Gasteiger partial charge < -0.3 is 15.2 Å². The number of esters is 1. The third kappa shape index (κ3) is 2.79. The average molecular weight is 173 g/mol. The van der Waals surface area contributed by atoms with Crippen molar-refractivity contribution in [3.05, 3.63) is 0 Å². The maximum atomic E-state index is 10.8. The van der Waals surface area contributed by atoms with E-state index in [1.807, 2.05) is 0 Å². The van der Waals surface area contributed by atoms with Crippen molar-refractivity contribution in [2.24, 2.45) is 5.73 Å². The van der Waals surface area contributed by atoms with Crippen LogP contribution < -0.4 is 5.73 Å². The van der Waals surface area contributed by atoms with E-state index in [0.717, 1.165) is 19.3 Å². The number of carbonyl (C=O) groups is 1. The van der Waals surface area contributed by atoms with E-state index >= 15 is 0 Å². The molecule has 0 aromatic heterocycles. The van der Waals surface area contributed by atoms with E-state index in [9.17, 15) is 4.79 Å². The van der Waals surface area contributed by atoms with Gasteiger partial charge in [0.15, 0.2) is 0 Å². The zero-order valence-electron chi connectivity index (χ0n) is 7.29. The Labute approximate surface area is 72.0 Å². The second-order valence-electron chi connectivity index (χ2n) is 2.88. The van der Waals surface area contributed by atoms with Crippen molar-refractivity contribution in [3.63, 3.8) is 0 Å². The Morgan fingerprint density at radius 2 is 2.42 bits per heavy atom. The first-order valence-corrected chi connectivity index (χ1v) is 4.33. The highest BCUT2D eigenvalue weighted by Gasteiger charge is 2.21. The zero-order valence-corrected chi connectivity index (χ0v) is 7.29. The monoisotopic (exact) mass is 173 g/mol. The highest BCUT2D eigenvalue weighted by molar-refractivity contribution is 5.68. The van der Waals surface area contributed by atoms with Gasteiger partial charge in [-0.25, -0.2) is 0 Å². The van der Waals surface area contributed by atoms with Gasteiger partial charge in [-0.1, -0.05) is 6.92 Å². The van der Waals surface area contributed by atoms with Crippen LogP contribution in [0.5, 0.6) is 0 Å². The smallest absolute Gasteiger partial charge is 0.307 e. The van der Waals surface area contributed by atoms with Crippen LogP contribution in [0.15, 0.2) is 0 Å². The van der Waals surface area contributed by atoms with Crippen LogP contribution in [0.2, 0.25) is 0 Å². The van der Waals surface area contributed by atoms with Crippen molar-refractivity contribution < 1.29 is 14.3 Å². The Kier molecular flexibility index (Phi) is 3.49. The Bertz CT molecular complexity index is 160. The fourth-order valence-electron chi connectivity index (χ4n) is 1.13. The fourth-order valence-corrected chi connectivity index (χ4v) is 1.13. The Hall–Kier alpha value is -0.610. The van der Waals surface area contributed by atoms with E-state index in [4.69, 9.17) is 15.2 Å². The molecule has 1 fully saturated rings. The number of ether oxygens (including phenoxy) is 2. The maximum Gasteiger partial charge on any atom is 0.307 e. The molecule has 0 aromatic rings. The first-order chi connectivity index (χ1) is 5.72. The highest BCUT2D eigenvalue weighted by atomic mass is 16.7. The molecule has 0 saturated carbocycles. The molecule has 4 heteroatoms. The molecule has 2 atom stereocenters. The van der Waals surface area contributed by atoms with Crippen LogP contribution in [0.25, 0.3) is 0 Å². The van der Waals surface area contributed by atoms with E-state index in [-0.39, 0.29) is 12.2 Å². The van der Waals surface area contributed by atoms with Crippen molar-refractivity contribution in [2.75, 3.05) is 0 Å². The van der Waals surface area contributed by atoms with Gasteiger partial charge in [0.25, 0.3) is 0 Å². The molecule has 0 radical (unpaired) electrons. The van der Waals surface area contributed by atoms with Gasteiger partial charge in [0.1, 0.15) is 6.23 Å². The molecular weight excluding hydrogens is 158 g/mol. The third-order valence-corrected chi connectivity index (χ3v) is 1.81. The summed E-state index contributed by atoms with van der Waals surface area (Å²) in [6.45, 7) is 1.76. The van der Waals surface area contributed by atoms with Gasteiger partial charge in [-0.15, -0.1) is 0 Å². The summed E-state index contributed by atoms with van der Waals surface area (Å²) in [5.41, 5.74) is 5.53. The minimum atomic E-state index is -0.416. The second-order valence-corrected chi connectivity index (χ2v) is 2.88. The van der Waals surface area contributed by atoms with Crippen molar-refractivity contribution in [3.8, 4) is 0 Å². The first kappa shape index (κ1) is 9.48. The summed E-state index contributed by atoms with van der Waals surface area (Å²) in [6.07, 6.45) is 2.27. The van der Waals surface area contributed by atoms with Gasteiger partial charge >= 0.3 is 5.97 Å². The van der Waals surface area contributed by atoms with Crippen LogP contribution in [0.4, 0.5) is 0 Å². The molecule has 1 rings (SSSR count). The molecule has 1 saturated heterocycles. The SMILES string of the molecule is CCC(=O)OC1CCC[C@@H](N)O1. The second kappa shape index (κ2) is 4.42. The number of hydrogen-bond donors (Lipinski definition) is 1. The zero-order chi connectivity index (χ0) is 8.97. The van der Waals surface area contributed by atoms with E-state index in [2.05, 4.69) is 0 Å². The predicted octanol–water partition coefficient (Wildman–Crippen LogP) is 0.751. The van der Waals surface area contributed by atoms with Gasteiger partial charge in [-0.05, 0) is 12.8 Å². The summed E-state index contributed by atoms with van der Waals surface area (Å²) >= 11 is 0. The summed E-state index contributed by atoms with van der Waals surface area (Å²) in [7, 11) is 0. The number of carbonyl (C=O) groups excluding carboxylic acids is 1. The van der Waals surface area contributed by atoms with Gasteiger partial charge in [0.05, 0.1) is 0 Å². The molecule has 0 aliphatic carbocycles. The molecule has 0 spiro atoms. The largest absolute Gasteiger partial charge is 0.436 e. The van der Waals surface area contributed by atoms with Crippen molar-refractivity contribution >= 4 is 5.97 Å². The van der Waals surface area contributed by atoms with Crippen molar-refractivity contribution in [1.82, 2.24) is 0 Å². The molecule has 1 unspecified atom stereocenters. The summed E-state index contributed by atoms with van der Waals surface area (Å²) in [5.74, 6) is -0.228. The topological polar surface area (TPSA) is 61.5 Å². The fraction of sp³-hybridized carbons (Fsp3) is 0.875. The lowest BCUT2D eigenvalue weighted by atomic mass is 10.2. The molecular formula is C8H15NO3. The van der Waals surface area contributed by atoms with E-state index in [1.165, 1.54) is 0 Å². The molecule has 4 nitrogen and oxygen atoms in total. The van der Waals surface area contributed by atoms with E-state index in [0.29, 0.717) is 6.42 Å². The standard InChI is InChI=1S/C8H15NO3/c1-2-7(10)12-8-5-3-4-6(9)11-8/h6,8H,2-5,9H2,1H3/t6-,8?/m0/s1. The minimum Gasteiger partial charge on any atom is -0.436 e. The van der Waals surface area contributed by atoms with Crippen molar-refractivity contribution in [1.29, 1.82) is 0 Å². The lowest BCUT2D eigenvalue weighted by molar-refractivity contribution is -0.201. The molecule has 1 heterocycles. The maximum absolute atomic E-state index is 10.8. The first-order valence-electron chi connectivity index (χ1n) is 4.33. The highest BCUT2D eigenvalue weighted by Crippen LogP contribution is 2.17. The van der Waals surface area contributed by atoms with Crippen LogP contribution >= 0.6 is 0 Å². The third-order valence-electron chi connectivity index (χ3n) is 1.81. The van der Waals surface area contributed by atoms with Gasteiger partial charge in [0, 0.05) is 12.8 Å². The normalized spacial score (nSPS) is 29.8. The molecule has 1 aliphatic rings. The number of nitrogens with two attached hydrogens (primary N) is 1. The summed E-state index contributed by atoms with van der Waals surface area (Å²) in [6, 6.07) is 0. The van der Waals surface area contributed by atoms with E-state index < -0.39 is 6.29 Å². The Balaban J connectivity index is 2.27. The average Bonchev–Trinajstić information content (AvgIpc) is 2.04. The summed E-state index contributed by atoms with van der Waals surface area (Å²) in [4.78, 5) is 10.8. The summed E-state index contributed by atoms with van der Waals surface area (Å²) in [5, 5.41) is 0. The van der Waals surface area contributed by atoms with Gasteiger partial charge in [-0.3, -0.25) is 4.79 Å². The van der Waals surface area contributed by atoms with Gasteiger partial charge in [-0.2, -0.15) is 0 Å². The lowest BCUT2D eigenvalue weighted by Gasteiger charge is -2.26. The lowest BCUT2D eigenvalue weighted by Crippen LogP contribution is -2.36. The minimum absolute atomic E-state index is 0.228. The van der Waals surface area contributed by atoms with E-state index in [1.54, 1.807) is 6.92 Å².